The van der Waals surface area contributed by atoms with E-state index in [0.29, 0.717) is 16.7 Å². The van der Waals surface area contributed by atoms with Gasteiger partial charge in [0.15, 0.2) is 6.04 Å². The number of aliphatic hydroxyl groups excluding tert-OH is 1. The predicted octanol–water partition coefficient (Wildman–Crippen LogP) is 0.373. The molecule has 0 heterocycles. The monoisotopic (exact) mass is 592 g/mol. The number of carboxylic acid groups (broad SMARTS) is 1. The fraction of sp³-hybridized carbons (Fsp3) is 0.290. The summed E-state index contributed by atoms with van der Waals surface area (Å²) in [6.07, 6.45) is -1.32. The van der Waals surface area contributed by atoms with Gasteiger partial charge in [-0.25, -0.2) is 4.79 Å². The van der Waals surface area contributed by atoms with Gasteiger partial charge in [0.25, 0.3) is 0 Å². The number of amides is 3. The standard InChI is InChI=1S/C31H36N4O8/c1-18(36)27(31(42)43)35-30(41)26(16-19-5-3-2-4-6-19)34-29(40)25(17-21-9-13-23(38)14-10-21)33-28(39)24(32)15-20-7-11-22(37)12-8-20/h2-14,18,24-27,36-38H,15-17,32H2,1H3,(H,33,39)(H,34,40)(H,35,41)(H,42,43). The van der Waals surface area contributed by atoms with Gasteiger partial charge in [-0.15, -0.1) is 0 Å². The average molecular weight is 593 g/mol. The van der Waals surface area contributed by atoms with Gasteiger partial charge >= 0.3 is 5.97 Å². The van der Waals surface area contributed by atoms with E-state index in [1.807, 2.05) is 0 Å². The Morgan fingerprint density at radius 3 is 1.53 bits per heavy atom. The molecule has 0 aromatic heterocycles. The van der Waals surface area contributed by atoms with Gasteiger partial charge in [-0.05, 0) is 54.3 Å². The van der Waals surface area contributed by atoms with E-state index in [-0.39, 0.29) is 30.8 Å². The largest absolute Gasteiger partial charge is 0.508 e. The number of carboxylic acids is 1. The molecule has 3 rings (SSSR count). The number of aliphatic hydroxyl groups is 1. The highest BCUT2D eigenvalue weighted by Gasteiger charge is 2.32. The molecular weight excluding hydrogens is 556 g/mol. The highest BCUT2D eigenvalue weighted by Crippen LogP contribution is 2.14. The molecule has 0 aliphatic heterocycles. The van der Waals surface area contributed by atoms with Crippen molar-refractivity contribution in [2.75, 3.05) is 0 Å². The lowest BCUT2D eigenvalue weighted by Crippen LogP contribution is -2.59. The van der Waals surface area contributed by atoms with Crippen LogP contribution in [-0.4, -0.2) is 74.4 Å². The van der Waals surface area contributed by atoms with Crippen LogP contribution in [0.2, 0.25) is 0 Å². The third kappa shape index (κ3) is 10.1. The molecule has 43 heavy (non-hydrogen) atoms. The number of phenolic OH excluding ortho intramolecular Hbond substituents is 2. The van der Waals surface area contributed by atoms with E-state index < -0.39 is 54.0 Å². The van der Waals surface area contributed by atoms with Crippen LogP contribution in [0.1, 0.15) is 23.6 Å². The maximum atomic E-state index is 13.6. The summed E-state index contributed by atoms with van der Waals surface area (Å²) in [5, 5.41) is 46.0. The van der Waals surface area contributed by atoms with Crippen molar-refractivity contribution in [3.8, 4) is 11.5 Å². The van der Waals surface area contributed by atoms with E-state index in [9.17, 15) is 39.6 Å². The number of rotatable bonds is 14. The van der Waals surface area contributed by atoms with E-state index in [2.05, 4.69) is 16.0 Å². The first kappa shape index (κ1) is 32.6. The lowest BCUT2D eigenvalue weighted by Gasteiger charge is -2.26. The molecule has 0 fully saturated rings. The quantitative estimate of drug-likeness (QED) is 0.130. The van der Waals surface area contributed by atoms with Crippen LogP contribution in [0.4, 0.5) is 0 Å². The second-order valence-corrected chi connectivity index (χ2v) is 10.2. The number of carbonyl (C=O) groups excluding carboxylic acids is 3. The van der Waals surface area contributed by atoms with Gasteiger partial charge in [0.2, 0.25) is 17.7 Å². The van der Waals surface area contributed by atoms with Crippen molar-refractivity contribution in [1.82, 2.24) is 16.0 Å². The molecule has 0 bridgehead atoms. The predicted molar refractivity (Wildman–Crippen MR) is 157 cm³/mol. The number of hydrogen-bond donors (Lipinski definition) is 8. The van der Waals surface area contributed by atoms with E-state index in [1.165, 1.54) is 31.2 Å². The number of nitrogens with two attached hydrogens (primary N) is 1. The fourth-order valence-corrected chi connectivity index (χ4v) is 4.31. The summed E-state index contributed by atoms with van der Waals surface area (Å²) in [5.74, 6) is -3.60. The van der Waals surface area contributed by atoms with Crippen molar-refractivity contribution in [3.63, 3.8) is 0 Å². The first-order valence-electron chi connectivity index (χ1n) is 13.6. The average Bonchev–Trinajstić information content (AvgIpc) is 2.97. The topological polar surface area (TPSA) is 211 Å². The Bertz CT molecular complexity index is 1380. The zero-order chi connectivity index (χ0) is 31.5. The van der Waals surface area contributed by atoms with Crippen molar-refractivity contribution in [3.05, 3.63) is 95.6 Å². The van der Waals surface area contributed by atoms with Crippen molar-refractivity contribution < 1.29 is 39.6 Å². The summed E-state index contributed by atoms with van der Waals surface area (Å²) in [5.41, 5.74) is 8.08. The zero-order valence-corrected chi connectivity index (χ0v) is 23.5. The molecular formula is C31H36N4O8. The van der Waals surface area contributed by atoms with Crippen LogP contribution >= 0.6 is 0 Å². The molecule has 0 radical (unpaired) electrons. The summed E-state index contributed by atoms with van der Waals surface area (Å²) in [7, 11) is 0. The molecule has 12 heteroatoms. The molecule has 5 atom stereocenters. The summed E-state index contributed by atoms with van der Waals surface area (Å²) in [6.45, 7) is 1.22. The molecule has 3 amide bonds. The van der Waals surface area contributed by atoms with Gasteiger partial charge < -0.3 is 42.1 Å². The molecule has 0 aliphatic carbocycles. The molecule has 3 aromatic carbocycles. The zero-order valence-electron chi connectivity index (χ0n) is 23.5. The van der Waals surface area contributed by atoms with Crippen LogP contribution in [0.25, 0.3) is 0 Å². The summed E-state index contributed by atoms with van der Waals surface area (Å²) < 4.78 is 0. The van der Waals surface area contributed by atoms with Crippen LogP contribution in [0.5, 0.6) is 11.5 Å². The minimum Gasteiger partial charge on any atom is -0.508 e. The molecule has 3 aromatic rings. The van der Waals surface area contributed by atoms with Gasteiger partial charge in [-0.1, -0.05) is 54.6 Å². The van der Waals surface area contributed by atoms with Crippen LogP contribution in [0, 0.1) is 0 Å². The maximum absolute atomic E-state index is 13.6. The lowest BCUT2D eigenvalue weighted by atomic mass is 10.0. The van der Waals surface area contributed by atoms with Crippen LogP contribution in [0.3, 0.4) is 0 Å². The van der Waals surface area contributed by atoms with Crippen LogP contribution in [-0.2, 0) is 38.4 Å². The summed E-state index contributed by atoms with van der Waals surface area (Å²) in [6, 6.07) is 15.7. The van der Waals surface area contributed by atoms with E-state index in [1.54, 1.807) is 54.6 Å². The smallest absolute Gasteiger partial charge is 0.328 e. The number of phenols is 2. The van der Waals surface area contributed by atoms with Crippen LogP contribution in [0.15, 0.2) is 78.9 Å². The molecule has 9 N–H and O–H groups in total. The fourth-order valence-electron chi connectivity index (χ4n) is 4.31. The SMILES string of the molecule is CC(O)C(NC(=O)C(Cc1ccccc1)NC(=O)C(Cc1ccc(O)cc1)NC(=O)C(N)Cc1ccc(O)cc1)C(=O)O. The van der Waals surface area contributed by atoms with E-state index in [0.717, 1.165) is 0 Å². The molecule has 5 unspecified atom stereocenters. The minimum absolute atomic E-state index is 0.00912. The Morgan fingerprint density at radius 1 is 0.651 bits per heavy atom. The highest BCUT2D eigenvalue weighted by molar-refractivity contribution is 5.94. The van der Waals surface area contributed by atoms with E-state index >= 15 is 0 Å². The Morgan fingerprint density at radius 2 is 1.07 bits per heavy atom. The highest BCUT2D eigenvalue weighted by atomic mass is 16.4. The third-order valence-corrected chi connectivity index (χ3v) is 6.70. The van der Waals surface area contributed by atoms with E-state index in [4.69, 9.17) is 5.73 Å². The van der Waals surface area contributed by atoms with Crippen molar-refractivity contribution in [1.29, 1.82) is 0 Å². The molecule has 228 valence electrons. The molecule has 0 saturated carbocycles. The van der Waals surface area contributed by atoms with Crippen LogP contribution < -0.4 is 21.7 Å². The van der Waals surface area contributed by atoms with Crippen molar-refractivity contribution in [2.45, 2.75) is 56.5 Å². The Kier molecular flexibility index (Phi) is 11.6. The van der Waals surface area contributed by atoms with Crippen molar-refractivity contribution in [2.24, 2.45) is 5.73 Å². The number of aliphatic carboxylic acids is 1. The van der Waals surface area contributed by atoms with Gasteiger partial charge in [-0.2, -0.15) is 0 Å². The first-order chi connectivity index (χ1) is 20.4. The molecule has 0 saturated heterocycles. The summed E-state index contributed by atoms with van der Waals surface area (Å²) >= 11 is 0. The second-order valence-electron chi connectivity index (χ2n) is 10.2. The van der Waals surface area contributed by atoms with Gasteiger partial charge in [0, 0.05) is 12.8 Å². The molecule has 0 spiro atoms. The Balaban J connectivity index is 1.84. The molecule has 0 aliphatic rings. The normalized spacial score (nSPS) is 14.4. The Labute approximate surface area is 248 Å². The van der Waals surface area contributed by atoms with Gasteiger partial charge in [-0.3, -0.25) is 14.4 Å². The molecule has 12 nitrogen and oxygen atoms in total. The number of nitrogens with one attached hydrogen (secondary N) is 3. The maximum Gasteiger partial charge on any atom is 0.328 e. The number of aromatic hydroxyl groups is 2. The third-order valence-electron chi connectivity index (χ3n) is 6.70. The second kappa shape index (κ2) is 15.3. The minimum atomic E-state index is -1.62. The van der Waals surface area contributed by atoms with Gasteiger partial charge in [0.05, 0.1) is 12.1 Å². The summed E-state index contributed by atoms with van der Waals surface area (Å²) in [4.78, 5) is 51.6. The number of benzene rings is 3. The lowest BCUT2D eigenvalue weighted by molar-refractivity contribution is -0.145. The number of hydrogen-bond acceptors (Lipinski definition) is 8. The van der Waals surface area contributed by atoms with Gasteiger partial charge in [0.1, 0.15) is 23.6 Å². The number of carbonyl (C=O) groups is 4. The Hall–Kier alpha value is -4.94. The van der Waals surface area contributed by atoms with Crippen molar-refractivity contribution >= 4 is 23.7 Å². The first-order valence-corrected chi connectivity index (χ1v) is 13.6.